The van der Waals surface area contributed by atoms with Gasteiger partial charge in [-0.25, -0.2) is 0 Å². The van der Waals surface area contributed by atoms with Gasteiger partial charge in [-0.15, -0.1) is 0 Å². The van der Waals surface area contributed by atoms with Crippen molar-refractivity contribution >= 4 is 5.96 Å². The fraction of sp³-hybridized carbons (Fsp3) is 0.552. The molecule has 0 radical (unpaired) electrons. The van der Waals surface area contributed by atoms with Crippen molar-refractivity contribution in [2.24, 2.45) is 5.73 Å². The van der Waals surface area contributed by atoms with Crippen LogP contribution in [0.4, 0.5) is 0 Å². The van der Waals surface area contributed by atoms with Crippen molar-refractivity contribution in [3.8, 4) is 5.75 Å². The zero-order chi connectivity index (χ0) is 24.6. The number of hydrogen-bond donors (Lipinski definition) is 3. The molecule has 0 bridgehead atoms. The van der Waals surface area contributed by atoms with Crippen LogP contribution in [0, 0.1) is 5.41 Å². The molecule has 2 aromatic carbocycles. The van der Waals surface area contributed by atoms with E-state index in [0.29, 0.717) is 12.6 Å². The third-order valence-electron chi connectivity index (χ3n) is 6.85. The van der Waals surface area contributed by atoms with Crippen molar-refractivity contribution in [2.45, 2.75) is 64.0 Å². The normalized spacial score (nSPS) is 16.2. The Morgan fingerprint density at radius 1 is 0.943 bits per heavy atom. The van der Waals surface area contributed by atoms with Gasteiger partial charge in [-0.05, 0) is 49.9 Å². The van der Waals surface area contributed by atoms with Gasteiger partial charge >= 0.3 is 0 Å². The average molecular weight is 480 g/mol. The first-order valence-electron chi connectivity index (χ1n) is 13.5. The first-order chi connectivity index (χ1) is 17.2. The van der Waals surface area contributed by atoms with Crippen LogP contribution in [-0.4, -0.2) is 61.1 Å². The molecule has 1 unspecified atom stereocenters. The maximum atomic E-state index is 7.93. The van der Waals surface area contributed by atoms with E-state index in [0.717, 1.165) is 64.3 Å². The summed E-state index contributed by atoms with van der Waals surface area (Å²) >= 11 is 0. The number of unbranched alkanes of at least 4 members (excludes halogenated alkanes) is 5. The zero-order valence-electron chi connectivity index (χ0n) is 21.3. The molecular formula is C29H45N5O. The van der Waals surface area contributed by atoms with E-state index in [1.807, 2.05) is 53.4 Å². The largest absolute Gasteiger partial charge is 0.494 e. The molecule has 1 aliphatic heterocycles. The minimum absolute atomic E-state index is 0.167. The van der Waals surface area contributed by atoms with Crippen molar-refractivity contribution < 1.29 is 4.74 Å². The zero-order valence-corrected chi connectivity index (χ0v) is 21.3. The van der Waals surface area contributed by atoms with Crippen molar-refractivity contribution in [2.75, 3.05) is 39.3 Å². The summed E-state index contributed by atoms with van der Waals surface area (Å²) in [7, 11) is 0. The van der Waals surface area contributed by atoms with Crippen molar-refractivity contribution in [1.29, 1.82) is 5.41 Å². The lowest BCUT2D eigenvalue weighted by Gasteiger charge is -2.36. The summed E-state index contributed by atoms with van der Waals surface area (Å²) in [4.78, 5) is 4.66. The van der Waals surface area contributed by atoms with Crippen LogP contribution in [-0.2, 0) is 6.54 Å². The molecule has 0 spiro atoms. The standard InChI is InChI=1S/C29H45N5O/c30-29(31)34(25-26-14-6-4-7-15-26)21-12-11-20-33-22-19-32-24-27(33)16-8-2-1-3-13-23-35-28-17-9-5-10-18-28/h4-7,9-10,14-15,17-18,27,32H,1-3,8,11-13,16,19-25H2,(H3,30,31). The van der Waals surface area contributed by atoms with Gasteiger partial charge in [0.25, 0.3) is 0 Å². The minimum Gasteiger partial charge on any atom is -0.494 e. The molecule has 1 heterocycles. The Morgan fingerprint density at radius 3 is 2.43 bits per heavy atom. The van der Waals surface area contributed by atoms with Gasteiger partial charge in [0, 0.05) is 38.8 Å². The van der Waals surface area contributed by atoms with Gasteiger partial charge in [0.1, 0.15) is 5.75 Å². The Hall–Kier alpha value is -2.57. The lowest BCUT2D eigenvalue weighted by molar-refractivity contribution is 0.146. The molecule has 1 fully saturated rings. The molecule has 192 valence electrons. The molecule has 0 saturated carbocycles. The maximum absolute atomic E-state index is 7.93. The highest BCUT2D eigenvalue weighted by Gasteiger charge is 2.21. The Balaban J connectivity index is 1.25. The van der Waals surface area contributed by atoms with Crippen LogP contribution in [0.1, 0.15) is 56.9 Å². The molecule has 1 atom stereocenters. The SMILES string of the molecule is N=C(N)N(CCCCN1CCNCC1CCCCCCCOc1ccccc1)Cc1ccccc1. The van der Waals surface area contributed by atoms with Crippen molar-refractivity contribution in [3.63, 3.8) is 0 Å². The van der Waals surface area contributed by atoms with E-state index in [1.165, 1.54) is 37.7 Å². The van der Waals surface area contributed by atoms with Gasteiger partial charge in [-0.3, -0.25) is 10.3 Å². The third-order valence-corrected chi connectivity index (χ3v) is 6.85. The van der Waals surface area contributed by atoms with E-state index in [1.54, 1.807) is 0 Å². The van der Waals surface area contributed by atoms with E-state index in [4.69, 9.17) is 15.9 Å². The second-order valence-electron chi connectivity index (χ2n) is 9.61. The maximum Gasteiger partial charge on any atom is 0.188 e. The van der Waals surface area contributed by atoms with Crippen molar-refractivity contribution in [1.82, 2.24) is 15.1 Å². The second kappa shape index (κ2) is 16.2. The monoisotopic (exact) mass is 479 g/mol. The summed E-state index contributed by atoms with van der Waals surface area (Å²) in [5.41, 5.74) is 7.05. The van der Waals surface area contributed by atoms with Crippen LogP contribution in [0.2, 0.25) is 0 Å². The van der Waals surface area contributed by atoms with Gasteiger partial charge in [-0.2, -0.15) is 0 Å². The number of piperazine rings is 1. The van der Waals surface area contributed by atoms with E-state index in [2.05, 4.69) is 22.3 Å². The number of nitrogens with two attached hydrogens (primary N) is 1. The van der Waals surface area contributed by atoms with Gasteiger partial charge in [0.2, 0.25) is 0 Å². The number of rotatable bonds is 16. The summed E-state index contributed by atoms with van der Waals surface area (Å²) in [6.07, 6.45) is 9.77. The van der Waals surface area contributed by atoms with Crippen LogP contribution in [0.5, 0.6) is 5.75 Å². The topological polar surface area (TPSA) is 77.6 Å². The summed E-state index contributed by atoms with van der Waals surface area (Å²) < 4.78 is 5.79. The first kappa shape index (κ1) is 27.0. The number of nitrogens with one attached hydrogen (secondary N) is 2. The molecule has 2 aromatic rings. The molecule has 4 N–H and O–H groups in total. The van der Waals surface area contributed by atoms with E-state index >= 15 is 0 Å². The first-order valence-corrected chi connectivity index (χ1v) is 13.5. The molecule has 0 aliphatic carbocycles. The number of guanidine groups is 1. The fourth-order valence-electron chi connectivity index (χ4n) is 4.81. The summed E-state index contributed by atoms with van der Waals surface area (Å²) in [5, 5.41) is 11.5. The Labute approximate surface area is 212 Å². The lowest BCUT2D eigenvalue weighted by atomic mass is 10.0. The predicted octanol–water partition coefficient (Wildman–Crippen LogP) is 4.86. The molecule has 1 aliphatic rings. The van der Waals surface area contributed by atoms with Crippen molar-refractivity contribution in [3.05, 3.63) is 66.2 Å². The van der Waals surface area contributed by atoms with Crippen LogP contribution >= 0.6 is 0 Å². The molecule has 6 nitrogen and oxygen atoms in total. The molecule has 1 saturated heterocycles. The fourth-order valence-corrected chi connectivity index (χ4v) is 4.81. The molecular weight excluding hydrogens is 434 g/mol. The van der Waals surface area contributed by atoms with Crippen LogP contribution in [0.3, 0.4) is 0 Å². The number of benzene rings is 2. The van der Waals surface area contributed by atoms with Gasteiger partial charge in [0.15, 0.2) is 5.96 Å². The number of ether oxygens (including phenoxy) is 1. The summed E-state index contributed by atoms with van der Waals surface area (Å²) in [5.74, 6) is 1.14. The number of nitrogens with zero attached hydrogens (tertiary/aromatic N) is 2. The van der Waals surface area contributed by atoms with E-state index < -0.39 is 0 Å². The Morgan fingerprint density at radius 2 is 1.66 bits per heavy atom. The number of para-hydroxylation sites is 1. The molecule has 6 heteroatoms. The second-order valence-corrected chi connectivity index (χ2v) is 9.61. The third kappa shape index (κ3) is 10.7. The highest BCUT2D eigenvalue weighted by molar-refractivity contribution is 5.74. The van der Waals surface area contributed by atoms with Crippen LogP contribution in [0.15, 0.2) is 60.7 Å². The Bertz CT molecular complexity index is 816. The predicted molar refractivity (Wildman–Crippen MR) is 146 cm³/mol. The summed E-state index contributed by atoms with van der Waals surface area (Å²) in [6.45, 7) is 6.85. The van der Waals surface area contributed by atoms with Crippen LogP contribution < -0.4 is 15.8 Å². The van der Waals surface area contributed by atoms with E-state index in [-0.39, 0.29) is 5.96 Å². The summed E-state index contributed by atoms with van der Waals surface area (Å²) in [6, 6.07) is 21.0. The van der Waals surface area contributed by atoms with E-state index in [9.17, 15) is 0 Å². The lowest BCUT2D eigenvalue weighted by Crippen LogP contribution is -2.51. The highest BCUT2D eigenvalue weighted by atomic mass is 16.5. The van der Waals surface area contributed by atoms with Crippen LogP contribution in [0.25, 0.3) is 0 Å². The molecule has 35 heavy (non-hydrogen) atoms. The van der Waals surface area contributed by atoms with Gasteiger partial charge in [0.05, 0.1) is 6.61 Å². The van der Waals surface area contributed by atoms with Gasteiger partial charge < -0.3 is 20.7 Å². The highest BCUT2D eigenvalue weighted by Crippen LogP contribution is 2.15. The number of hydrogen-bond acceptors (Lipinski definition) is 4. The average Bonchev–Trinajstić information content (AvgIpc) is 2.89. The minimum atomic E-state index is 0.167. The Kier molecular flexibility index (Phi) is 12.5. The molecule has 0 amide bonds. The molecule has 3 rings (SSSR count). The molecule has 0 aromatic heterocycles. The smallest absolute Gasteiger partial charge is 0.188 e. The quantitative estimate of drug-likeness (QED) is 0.182. The van der Waals surface area contributed by atoms with Gasteiger partial charge in [-0.1, -0.05) is 74.2 Å².